The van der Waals surface area contributed by atoms with Gasteiger partial charge in [-0.15, -0.1) is 5.06 Å². The van der Waals surface area contributed by atoms with Crippen LogP contribution in [0.3, 0.4) is 0 Å². The Morgan fingerprint density at radius 3 is 1.68 bits per heavy atom. The molecule has 0 atom stereocenters. The van der Waals surface area contributed by atoms with Gasteiger partial charge in [-0.25, -0.2) is 4.79 Å². The number of rotatable bonds is 21. The summed E-state index contributed by atoms with van der Waals surface area (Å²) in [5, 5.41) is 1.20. The number of benzene rings is 1. The van der Waals surface area contributed by atoms with Crippen LogP contribution in [0.25, 0.3) is 0 Å². The fraction of sp³-hybridized carbons (Fsp3) is 0.657. The lowest BCUT2D eigenvalue weighted by Gasteiger charge is -2.19. The van der Waals surface area contributed by atoms with Gasteiger partial charge in [0.05, 0.1) is 12.2 Å². The molecule has 2 saturated heterocycles. The van der Waals surface area contributed by atoms with Gasteiger partial charge in [0, 0.05) is 32.1 Å². The van der Waals surface area contributed by atoms with Crippen molar-refractivity contribution >= 4 is 35.6 Å². The average Bonchev–Trinajstić information content (AvgIpc) is 3.51. The topological polar surface area (TPSA) is 146 Å². The number of nitrogens with zero attached hydrogens (tertiary/aromatic N) is 2. The quantitative estimate of drug-likeness (QED) is 0.0840. The van der Waals surface area contributed by atoms with E-state index in [1.165, 1.54) is 44.2 Å². The summed E-state index contributed by atoms with van der Waals surface area (Å²) in [4.78, 5) is 82.7. The number of ether oxygens (including phenoxy) is 2. The van der Waals surface area contributed by atoms with Crippen LogP contribution in [0.1, 0.15) is 146 Å². The largest absolute Gasteiger partial charge is 0.494 e. The molecule has 0 aliphatic carbocycles. The number of hydroxylamine groups is 4. The van der Waals surface area contributed by atoms with Crippen molar-refractivity contribution in [3.63, 3.8) is 0 Å². The van der Waals surface area contributed by atoms with Crippen molar-refractivity contribution in [2.45, 2.75) is 142 Å². The number of imide groups is 2. The maximum Gasteiger partial charge on any atom is 0.364 e. The number of carbonyl (C=O) groups is 6. The summed E-state index contributed by atoms with van der Waals surface area (Å²) in [5.41, 5.74) is 0.0676. The lowest BCUT2D eigenvalue weighted by Crippen LogP contribution is -2.32. The Hall–Kier alpha value is -3.80. The Morgan fingerprint density at radius 2 is 1.15 bits per heavy atom. The van der Waals surface area contributed by atoms with E-state index in [-0.39, 0.29) is 43.8 Å². The van der Waals surface area contributed by atoms with Gasteiger partial charge in [-0.2, -0.15) is 5.06 Å². The molecule has 3 rings (SSSR count). The minimum atomic E-state index is -0.910. The summed E-state index contributed by atoms with van der Waals surface area (Å²) < 4.78 is 11.3. The molecular formula is C35H50N2O10. The summed E-state index contributed by atoms with van der Waals surface area (Å²) in [7, 11) is 0. The highest BCUT2D eigenvalue weighted by Gasteiger charge is 2.34. The van der Waals surface area contributed by atoms with Crippen LogP contribution in [0.2, 0.25) is 0 Å². The Morgan fingerprint density at radius 1 is 0.660 bits per heavy atom. The van der Waals surface area contributed by atoms with Gasteiger partial charge in [0.25, 0.3) is 23.6 Å². The smallest absolute Gasteiger partial charge is 0.364 e. The molecule has 12 heteroatoms. The summed E-state index contributed by atoms with van der Waals surface area (Å²) in [6.45, 7) is 5.90. The lowest BCUT2D eigenvalue weighted by molar-refractivity contribution is -0.191. The zero-order valence-electron chi connectivity index (χ0n) is 28.1. The summed E-state index contributed by atoms with van der Waals surface area (Å²) in [5.74, 6) is -2.70. The van der Waals surface area contributed by atoms with Crippen LogP contribution in [0.4, 0.5) is 0 Å². The summed E-state index contributed by atoms with van der Waals surface area (Å²) >= 11 is 0. The first kappa shape index (κ1) is 37.7. The van der Waals surface area contributed by atoms with E-state index in [1.807, 2.05) is 20.8 Å². The Bertz CT molecular complexity index is 1220. The molecule has 47 heavy (non-hydrogen) atoms. The number of hydrogen-bond acceptors (Lipinski definition) is 10. The van der Waals surface area contributed by atoms with Gasteiger partial charge < -0.3 is 14.3 Å². The zero-order chi connectivity index (χ0) is 34.2. The fourth-order valence-corrected chi connectivity index (χ4v) is 5.30. The fourth-order valence-electron chi connectivity index (χ4n) is 5.30. The molecule has 0 unspecified atom stereocenters. The van der Waals surface area contributed by atoms with Gasteiger partial charge in [-0.1, -0.05) is 64.2 Å². The van der Waals surface area contributed by atoms with Crippen molar-refractivity contribution in [2.75, 3.05) is 6.61 Å². The lowest BCUT2D eigenvalue weighted by atomic mass is 10.0. The monoisotopic (exact) mass is 658 g/mol. The zero-order valence-corrected chi connectivity index (χ0v) is 28.1. The maximum atomic E-state index is 12.8. The van der Waals surface area contributed by atoms with Crippen LogP contribution in [0.5, 0.6) is 5.75 Å². The van der Waals surface area contributed by atoms with E-state index in [4.69, 9.17) is 19.1 Å². The van der Waals surface area contributed by atoms with E-state index in [2.05, 4.69) is 0 Å². The highest BCUT2D eigenvalue weighted by Crippen LogP contribution is 2.23. The van der Waals surface area contributed by atoms with Crippen molar-refractivity contribution < 1.29 is 47.9 Å². The van der Waals surface area contributed by atoms with Gasteiger partial charge >= 0.3 is 11.9 Å². The first-order chi connectivity index (χ1) is 22.4. The van der Waals surface area contributed by atoms with Crippen LogP contribution in [0, 0.1) is 0 Å². The number of hydrogen-bond donors (Lipinski definition) is 0. The molecule has 260 valence electrons. The highest BCUT2D eigenvalue weighted by atomic mass is 16.7. The van der Waals surface area contributed by atoms with Crippen molar-refractivity contribution in [2.24, 2.45) is 0 Å². The third-order valence-electron chi connectivity index (χ3n) is 7.71. The van der Waals surface area contributed by atoms with Crippen molar-refractivity contribution in [3.8, 4) is 5.75 Å². The van der Waals surface area contributed by atoms with Crippen LogP contribution in [-0.4, -0.2) is 57.9 Å². The third kappa shape index (κ3) is 13.8. The molecule has 2 aliphatic heterocycles. The number of unbranched alkanes of at least 4 members (excludes halogenated alkanes) is 11. The van der Waals surface area contributed by atoms with Gasteiger partial charge in [0.1, 0.15) is 18.0 Å². The highest BCUT2D eigenvalue weighted by molar-refractivity contribution is 6.03. The molecule has 1 aromatic rings. The molecule has 4 amide bonds. The second kappa shape index (κ2) is 19.1. The van der Waals surface area contributed by atoms with E-state index in [0.717, 1.165) is 50.0 Å². The number of amides is 4. The Kier molecular flexibility index (Phi) is 15.3. The van der Waals surface area contributed by atoms with Gasteiger partial charge in [-0.05, 0) is 57.4 Å². The van der Waals surface area contributed by atoms with E-state index in [0.29, 0.717) is 29.4 Å². The molecule has 1 aromatic carbocycles. The average molecular weight is 659 g/mol. The minimum absolute atomic E-state index is 0.0217. The molecule has 0 spiro atoms. The van der Waals surface area contributed by atoms with Gasteiger partial charge in [0.15, 0.2) is 0 Å². The molecule has 0 aromatic heterocycles. The van der Waals surface area contributed by atoms with Gasteiger partial charge in [0.2, 0.25) is 0 Å². The van der Waals surface area contributed by atoms with Crippen LogP contribution in [-0.2, 0) is 45.0 Å². The standard InChI is InChI=1S/C35H50N2O10/c1-35(2,3)46-33(42)16-14-12-10-8-6-4-5-7-9-11-13-15-21-44-28-23-26(25-45-36-29(38)17-18-30(36)39)22-27(24-28)34(43)47-37-31(40)19-20-32(37)41/h22-24H,4-21,25H2,1-3H3. The minimum Gasteiger partial charge on any atom is -0.494 e. The third-order valence-corrected chi connectivity index (χ3v) is 7.71. The molecule has 0 bridgehead atoms. The molecule has 12 nitrogen and oxygen atoms in total. The molecule has 0 radical (unpaired) electrons. The Labute approximate surface area is 277 Å². The predicted molar refractivity (Wildman–Crippen MR) is 170 cm³/mol. The SMILES string of the molecule is CC(C)(C)OC(=O)CCCCCCCCCCCCCCOc1cc(CON2C(=O)CCC2=O)cc(C(=O)ON2C(=O)CCC2=O)c1. The first-order valence-corrected chi connectivity index (χ1v) is 17.0. The predicted octanol–water partition coefficient (Wildman–Crippen LogP) is 6.28. The Balaban J connectivity index is 1.32. The van der Waals surface area contributed by atoms with E-state index in [9.17, 15) is 28.8 Å². The second-order valence-corrected chi connectivity index (χ2v) is 13.1. The van der Waals surface area contributed by atoms with Crippen LogP contribution in [0.15, 0.2) is 18.2 Å². The summed E-state index contributed by atoms with van der Waals surface area (Å²) in [6, 6.07) is 4.55. The number of esters is 1. The van der Waals surface area contributed by atoms with E-state index < -0.39 is 35.2 Å². The van der Waals surface area contributed by atoms with Crippen molar-refractivity contribution in [1.29, 1.82) is 0 Å². The second-order valence-electron chi connectivity index (χ2n) is 13.1. The molecule has 0 N–H and O–H groups in total. The van der Waals surface area contributed by atoms with Crippen molar-refractivity contribution in [3.05, 3.63) is 29.3 Å². The first-order valence-electron chi connectivity index (χ1n) is 17.0. The van der Waals surface area contributed by atoms with Crippen LogP contribution < -0.4 is 4.74 Å². The molecule has 0 saturated carbocycles. The molecule has 2 heterocycles. The van der Waals surface area contributed by atoms with Crippen LogP contribution >= 0.6 is 0 Å². The van der Waals surface area contributed by atoms with Gasteiger partial charge in [-0.3, -0.25) is 28.8 Å². The maximum absolute atomic E-state index is 12.8. The number of carbonyl (C=O) groups excluding carboxylic acids is 6. The summed E-state index contributed by atoms with van der Waals surface area (Å²) in [6.07, 6.45) is 13.8. The normalized spacial score (nSPS) is 15.1. The molecular weight excluding hydrogens is 608 g/mol. The van der Waals surface area contributed by atoms with E-state index in [1.54, 1.807) is 6.07 Å². The van der Waals surface area contributed by atoms with Crippen molar-refractivity contribution in [1.82, 2.24) is 10.1 Å². The molecule has 2 aliphatic rings. The molecule has 2 fully saturated rings. The van der Waals surface area contributed by atoms with E-state index >= 15 is 0 Å².